The number of hydrogen-bond donors (Lipinski definition) is 1. The minimum Gasteiger partial charge on any atom is -0.306 e. The van der Waals surface area contributed by atoms with Gasteiger partial charge in [0.05, 0.1) is 11.6 Å². The lowest BCUT2D eigenvalue weighted by Gasteiger charge is -2.32. The van der Waals surface area contributed by atoms with Crippen molar-refractivity contribution in [3.63, 3.8) is 0 Å². The molecule has 0 fully saturated rings. The summed E-state index contributed by atoms with van der Waals surface area (Å²) >= 11 is 0. The molecule has 2 rings (SSSR count). The van der Waals surface area contributed by atoms with Crippen LogP contribution in [0.5, 0.6) is 0 Å². The Balaban J connectivity index is 2.45. The average Bonchev–Trinajstić information content (AvgIpc) is 2.40. The van der Waals surface area contributed by atoms with E-state index in [-0.39, 0.29) is 11.3 Å². The van der Waals surface area contributed by atoms with E-state index in [0.29, 0.717) is 11.9 Å². The van der Waals surface area contributed by atoms with Crippen LogP contribution in [0.4, 0.5) is 36.8 Å². The van der Waals surface area contributed by atoms with Gasteiger partial charge in [-0.25, -0.2) is 9.80 Å². The maximum atomic E-state index is 12.7. The summed E-state index contributed by atoms with van der Waals surface area (Å²) in [7, 11) is 0. The van der Waals surface area contributed by atoms with Gasteiger partial charge in [0.2, 0.25) is 0 Å². The van der Waals surface area contributed by atoms with Gasteiger partial charge in [0.15, 0.2) is 0 Å². The molecule has 1 atom stereocenters. The fourth-order valence-electron chi connectivity index (χ4n) is 2.03. The number of amides is 2. The Hall–Kier alpha value is -2.26. The zero-order chi connectivity index (χ0) is 17.6. The van der Waals surface area contributed by atoms with Crippen LogP contribution >= 0.6 is 0 Å². The van der Waals surface area contributed by atoms with Crippen LogP contribution in [0.1, 0.15) is 31.0 Å². The van der Waals surface area contributed by atoms with Crippen LogP contribution in [0.25, 0.3) is 0 Å². The van der Waals surface area contributed by atoms with Gasteiger partial charge in [-0.2, -0.15) is 31.4 Å². The summed E-state index contributed by atoms with van der Waals surface area (Å²) in [4.78, 5) is 11.8. The van der Waals surface area contributed by atoms with E-state index in [9.17, 15) is 31.1 Å². The molecular weight excluding hydrogens is 328 g/mol. The summed E-state index contributed by atoms with van der Waals surface area (Å²) in [6.07, 6.45) is -9.35. The number of nitrogens with zero attached hydrogens (tertiary/aromatic N) is 2. The molecule has 1 aliphatic rings. The minimum absolute atomic E-state index is 0.0261. The first-order valence-corrected chi connectivity index (χ1v) is 6.35. The Kier molecular flexibility index (Phi) is 4.03. The first kappa shape index (κ1) is 17.1. The molecular formula is C13H11F6N3O. The molecule has 2 amide bonds. The zero-order valence-corrected chi connectivity index (χ0v) is 11.9. The van der Waals surface area contributed by atoms with Crippen LogP contribution in [0.15, 0.2) is 23.3 Å². The van der Waals surface area contributed by atoms with Crippen LogP contribution in [0, 0.1) is 0 Å². The number of rotatable bonds is 1. The lowest BCUT2D eigenvalue weighted by molar-refractivity contribution is -0.137. The number of halogens is 6. The van der Waals surface area contributed by atoms with Crippen molar-refractivity contribution in [2.24, 2.45) is 5.10 Å². The smallest absolute Gasteiger partial charge is 0.306 e. The van der Waals surface area contributed by atoms with Crippen molar-refractivity contribution in [3.8, 4) is 0 Å². The summed E-state index contributed by atoms with van der Waals surface area (Å²) in [6, 6.07) is 0.590. The minimum atomic E-state index is -4.74. The maximum Gasteiger partial charge on any atom is 0.430 e. The summed E-state index contributed by atoms with van der Waals surface area (Å²) in [6.45, 7) is 1.96. The third-order valence-electron chi connectivity index (χ3n) is 3.31. The number of urea groups is 1. The summed E-state index contributed by atoms with van der Waals surface area (Å²) in [5.74, 6) is 0. The second-order valence-electron chi connectivity index (χ2n) is 4.93. The van der Waals surface area contributed by atoms with Gasteiger partial charge in [-0.05, 0) is 32.0 Å². The van der Waals surface area contributed by atoms with Gasteiger partial charge in [-0.3, -0.25) is 0 Å². The van der Waals surface area contributed by atoms with Crippen molar-refractivity contribution in [1.82, 2.24) is 5.01 Å². The molecule has 0 aliphatic carbocycles. The molecule has 126 valence electrons. The first-order valence-electron chi connectivity index (χ1n) is 6.35. The third kappa shape index (κ3) is 3.40. The van der Waals surface area contributed by atoms with Crippen LogP contribution < -0.4 is 5.32 Å². The van der Waals surface area contributed by atoms with Crippen LogP contribution in [0.3, 0.4) is 0 Å². The van der Waals surface area contributed by atoms with E-state index in [0.717, 1.165) is 18.2 Å². The predicted molar refractivity (Wildman–Crippen MR) is 69.9 cm³/mol. The summed E-state index contributed by atoms with van der Waals surface area (Å²) < 4.78 is 75.9. The molecule has 1 aromatic rings. The Labute approximate surface area is 126 Å². The lowest BCUT2D eigenvalue weighted by Crippen LogP contribution is -2.39. The molecule has 1 N–H and O–H groups in total. The van der Waals surface area contributed by atoms with E-state index in [1.54, 1.807) is 0 Å². The van der Waals surface area contributed by atoms with Gasteiger partial charge < -0.3 is 5.32 Å². The second kappa shape index (κ2) is 5.43. The molecule has 23 heavy (non-hydrogen) atoms. The van der Waals surface area contributed by atoms with Gasteiger partial charge in [0.1, 0.15) is 5.71 Å². The number of hydrazone groups is 1. The van der Waals surface area contributed by atoms with Gasteiger partial charge >= 0.3 is 18.4 Å². The third-order valence-corrected chi connectivity index (χ3v) is 3.31. The molecule has 4 nitrogen and oxygen atoms in total. The maximum absolute atomic E-state index is 12.7. The number of anilines is 1. The molecule has 0 saturated heterocycles. The zero-order valence-electron chi connectivity index (χ0n) is 11.9. The van der Waals surface area contributed by atoms with Gasteiger partial charge in [0.25, 0.3) is 0 Å². The van der Waals surface area contributed by atoms with E-state index in [4.69, 9.17) is 0 Å². The van der Waals surface area contributed by atoms with Gasteiger partial charge in [-0.15, -0.1) is 0 Å². The highest BCUT2D eigenvalue weighted by atomic mass is 19.4. The SMILES string of the molecule is C/C(=N\N1C(=O)Nc2ccc(C(F)(F)F)cc2C1C)C(F)(F)F. The topological polar surface area (TPSA) is 44.7 Å². The van der Waals surface area contributed by atoms with Crippen LogP contribution in [-0.4, -0.2) is 22.9 Å². The molecule has 1 heterocycles. The normalized spacial score (nSPS) is 19.5. The molecule has 0 radical (unpaired) electrons. The van der Waals surface area contributed by atoms with E-state index >= 15 is 0 Å². The Morgan fingerprint density at radius 1 is 1.22 bits per heavy atom. The number of nitrogens with one attached hydrogen (secondary N) is 1. The largest absolute Gasteiger partial charge is 0.430 e. The first-order chi connectivity index (χ1) is 10.4. The molecule has 10 heteroatoms. The number of benzene rings is 1. The van der Waals surface area contributed by atoms with Crippen molar-refractivity contribution in [3.05, 3.63) is 29.3 Å². The van der Waals surface area contributed by atoms with E-state index in [1.807, 2.05) is 0 Å². The van der Waals surface area contributed by atoms with Crippen molar-refractivity contribution >= 4 is 17.4 Å². The average molecular weight is 339 g/mol. The molecule has 0 spiro atoms. The standard InChI is InChI=1S/C13H11F6N3O/c1-6-9-5-8(13(17,18)19)3-4-10(9)20-11(23)22(6)21-7(2)12(14,15)16/h3-6H,1-2H3,(H,20,23)/b21-7+. The van der Waals surface area contributed by atoms with E-state index < -0.39 is 35.7 Å². The van der Waals surface area contributed by atoms with Crippen molar-refractivity contribution < 1.29 is 31.1 Å². The predicted octanol–water partition coefficient (Wildman–Crippen LogP) is 4.55. The quantitative estimate of drug-likeness (QED) is 0.592. The van der Waals surface area contributed by atoms with Crippen LogP contribution in [-0.2, 0) is 6.18 Å². The highest BCUT2D eigenvalue weighted by Gasteiger charge is 2.38. The number of hydrogen-bond acceptors (Lipinski definition) is 2. The Morgan fingerprint density at radius 3 is 2.35 bits per heavy atom. The summed E-state index contributed by atoms with van der Waals surface area (Å²) in [5.41, 5.74) is -2.12. The highest BCUT2D eigenvalue weighted by Crippen LogP contribution is 2.38. The fraction of sp³-hybridized carbons (Fsp3) is 0.385. The molecule has 1 aliphatic heterocycles. The molecule has 0 aromatic heterocycles. The highest BCUT2D eigenvalue weighted by molar-refractivity contribution is 5.95. The number of fused-ring (bicyclic) bond motifs is 1. The Morgan fingerprint density at radius 2 is 1.83 bits per heavy atom. The van der Waals surface area contributed by atoms with Crippen LogP contribution in [0.2, 0.25) is 0 Å². The van der Waals surface area contributed by atoms with Crippen molar-refractivity contribution in [1.29, 1.82) is 0 Å². The van der Waals surface area contributed by atoms with Crippen molar-refractivity contribution in [2.45, 2.75) is 32.2 Å². The molecule has 1 aromatic carbocycles. The number of alkyl halides is 6. The number of carbonyl (C=O) groups excluding carboxylic acids is 1. The Bertz CT molecular complexity index is 665. The van der Waals surface area contributed by atoms with Crippen molar-refractivity contribution in [2.75, 3.05) is 5.32 Å². The van der Waals surface area contributed by atoms with Gasteiger partial charge in [-0.1, -0.05) is 0 Å². The second-order valence-corrected chi connectivity index (χ2v) is 4.93. The monoisotopic (exact) mass is 339 g/mol. The molecule has 1 unspecified atom stereocenters. The molecule has 0 saturated carbocycles. The lowest BCUT2D eigenvalue weighted by atomic mass is 10.0. The molecule has 0 bridgehead atoms. The number of carbonyl (C=O) groups is 1. The van der Waals surface area contributed by atoms with E-state index in [1.165, 1.54) is 6.92 Å². The fourth-order valence-corrected chi connectivity index (χ4v) is 2.03. The van der Waals surface area contributed by atoms with Gasteiger partial charge in [0, 0.05) is 11.3 Å². The van der Waals surface area contributed by atoms with E-state index in [2.05, 4.69) is 10.4 Å². The summed E-state index contributed by atoms with van der Waals surface area (Å²) in [5, 5.41) is 5.89.